The first kappa shape index (κ1) is 15.8. The van der Waals surface area contributed by atoms with Crippen LogP contribution in [-0.4, -0.2) is 28.7 Å². The van der Waals surface area contributed by atoms with Gasteiger partial charge in [0.05, 0.1) is 17.6 Å². The number of amides is 1. The van der Waals surface area contributed by atoms with Crippen LogP contribution in [0.3, 0.4) is 0 Å². The van der Waals surface area contributed by atoms with Crippen molar-refractivity contribution in [3.8, 4) is 5.75 Å². The number of benzene rings is 1. The van der Waals surface area contributed by atoms with E-state index in [4.69, 9.17) is 4.74 Å². The van der Waals surface area contributed by atoms with Gasteiger partial charge < -0.3 is 10.1 Å². The average molecular weight is 345 g/mol. The van der Waals surface area contributed by atoms with Gasteiger partial charge in [-0.25, -0.2) is 4.98 Å². The first-order valence-electron chi connectivity index (χ1n) is 6.96. The Kier molecular flexibility index (Phi) is 5.09. The second-order valence-corrected chi connectivity index (χ2v) is 6.74. The van der Waals surface area contributed by atoms with Gasteiger partial charge >= 0.3 is 0 Å². The number of methoxy groups -OCH3 is 1. The topological polar surface area (TPSA) is 64.1 Å². The van der Waals surface area contributed by atoms with Crippen LogP contribution >= 0.6 is 23.1 Å². The van der Waals surface area contributed by atoms with Crippen LogP contribution in [0.4, 0.5) is 5.13 Å². The normalized spacial score (nSPS) is 10.7. The van der Waals surface area contributed by atoms with E-state index in [1.54, 1.807) is 31.3 Å². The van der Waals surface area contributed by atoms with Crippen LogP contribution in [0.25, 0.3) is 10.2 Å². The Labute approximate surface area is 142 Å². The highest BCUT2D eigenvalue weighted by Crippen LogP contribution is 2.32. The Morgan fingerprint density at radius 3 is 2.91 bits per heavy atom. The van der Waals surface area contributed by atoms with Gasteiger partial charge in [-0.2, -0.15) is 0 Å². The van der Waals surface area contributed by atoms with Crippen LogP contribution in [0.1, 0.15) is 5.56 Å². The molecule has 1 N–H and O–H groups in total. The van der Waals surface area contributed by atoms with Crippen molar-refractivity contribution in [3.05, 3.63) is 48.3 Å². The van der Waals surface area contributed by atoms with Crippen LogP contribution < -0.4 is 10.1 Å². The minimum Gasteiger partial charge on any atom is -0.494 e. The highest BCUT2D eigenvalue weighted by molar-refractivity contribution is 7.99. The number of thioether (sulfide) groups is 1. The fourth-order valence-electron chi connectivity index (χ4n) is 2.04. The van der Waals surface area contributed by atoms with E-state index in [9.17, 15) is 4.79 Å². The molecule has 0 bridgehead atoms. The van der Waals surface area contributed by atoms with E-state index in [-0.39, 0.29) is 5.91 Å². The molecular weight excluding hydrogens is 330 g/mol. The van der Waals surface area contributed by atoms with Gasteiger partial charge in [-0.15, -0.1) is 11.8 Å². The third-order valence-electron chi connectivity index (χ3n) is 3.10. The number of anilines is 1. The third-order valence-corrected chi connectivity index (χ3v) is 5.04. The maximum atomic E-state index is 12.0. The van der Waals surface area contributed by atoms with Gasteiger partial charge in [0.2, 0.25) is 5.91 Å². The summed E-state index contributed by atoms with van der Waals surface area (Å²) in [6.45, 7) is 0. The minimum absolute atomic E-state index is 0.0536. The Bertz CT molecular complexity index is 805. The predicted octanol–water partition coefficient (Wildman–Crippen LogP) is 3.57. The molecule has 7 heteroatoms. The van der Waals surface area contributed by atoms with Crippen molar-refractivity contribution in [2.24, 2.45) is 0 Å². The van der Waals surface area contributed by atoms with Crippen molar-refractivity contribution < 1.29 is 9.53 Å². The van der Waals surface area contributed by atoms with Crippen molar-refractivity contribution in [2.75, 3.05) is 18.2 Å². The number of carbonyl (C=O) groups excluding carboxylic acids is 1. The number of nitrogens with one attached hydrogen (secondary N) is 1. The van der Waals surface area contributed by atoms with Crippen molar-refractivity contribution in [2.45, 2.75) is 5.75 Å². The van der Waals surface area contributed by atoms with Gasteiger partial charge in [-0.3, -0.25) is 9.78 Å². The number of rotatable bonds is 6. The van der Waals surface area contributed by atoms with Gasteiger partial charge in [0, 0.05) is 18.1 Å². The zero-order chi connectivity index (χ0) is 16.1. The number of ether oxygens (including phenoxy) is 1. The maximum absolute atomic E-state index is 12.0. The zero-order valence-electron chi connectivity index (χ0n) is 12.5. The number of hydrogen-bond donors (Lipinski definition) is 1. The summed E-state index contributed by atoms with van der Waals surface area (Å²) in [5.74, 6) is 1.83. The van der Waals surface area contributed by atoms with Gasteiger partial charge in [-0.1, -0.05) is 17.4 Å². The molecule has 3 rings (SSSR count). The van der Waals surface area contributed by atoms with Crippen LogP contribution in [0.5, 0.6) is 5.75 Å². The Balaban J connectivity index is 1.57. The molecule has 0 spiro atoms. The van der Waals surface area contributed by atoms with E-state index in [2.05, 4.69) is 15.3 Å². The standard InChI is InChI=1S/C16H15N3O2S2/c1-21-12-3-2-4-13-15(12)19-16(23-13)18-14(20)10-22-9-11-5-7-17-8-6-11/h2-8H,9-10H2,1H3,(H,18,19,20). The Morgan fingerprint density at radius 2 is 2.13 bits per heavy atom. The van der Waals surface area contributed by atoms with Gasteiger partial charge in [0.25, 0.3) is 0 Å². The number of fused-ring (bicyclic) bond motifs is 1. The second-order valence-electron chi connectivity index (χ2n) is 4.72. The SMILES string of the molecule is COc1cccc2sc(NC(=O)CSCc3ccncc3)nc12. The molecular formula is C16H15N3O2S2. The molecule has 0 saturated carbocycles. The summed E-state index contributed by atoms with van der Waals surface area (Å²) in [6.07, 6.45) is 3.51. The number of hydrogen-bond acceptors (Lipinski definition) is 6. The third kappa shape index (κ3) is 4.00. The largest absolute Gasteiger partial charge is 0.494 e. The van der Waals surface area contributed by atoms with E-state index in [0.29, 0.717) is 16.6 Å². The Hall–Kier alpha value is -2.12. The van der Waals surface area contributed by atoms with Gasteiger partial charge in [0.1, 0.15) is 11.3 Å². The minimum atomic E-state index is -0.0536. The fourth-order valence-corrected chi connectivity index (χ4v) is 3.72. The van der Waals surface area contributed by atoms with Crippen molar-refractivity contribution in [1.29, 1.82) is 0 Å². The lowest BCUT2D eigenvalue weighted by Gasteiger charge is -2.02. The van der Waals surface area contributed by atoms with Crippen molar-refractivity contribution in [3.63, 3.8) is 0 Å². The lowest BCUT2D eigenvalue weighted by molar-refractivity contribution is -0.113. The number of para-hydroxylation sites is 1. The zero-order valence-corrected chi connectivity index (χ0v) is 14.1. The summed E-state index contributed by atoms with van der Waals surface area (Å²) in [6, 6.07) is 9.63. The lowest BCUT2D eigenvalue weighted by Crippen LogP contribution is -2.13. The van der Waals surface area contributed by atoms with Crippen LogP contribution in [0.15, 0.2) is 42.7 Å². The molecule has 118 valence electrons. The fraction of sp³-hybridized carbons (Fsp3) is 0.188. The van der Waals surface area contributed by atoms with E-state index in [0.717, 1.165) is 21.5 Å². The molecule has 5 nitrogen and oxygen atoms in total. The highest BCUT2D eigenvalue weighted by atomic mass is 32.2. The molecule has 0 fully saturated rings. The van der Waals surface area contributed by atoms with Gasteiger partial charge in [0.15, 0.2) is 5.13 Å². The molecule has 2 heterocycles. The lowest BCUT2D eigenvalue weighted by atomic mass is 10.3. The highest BCUT2D eigenvalue weighted by Gasteiger charge is 2.11. The van der Waals surface area contributed by atoms with Gasteiger partial charge in [-0.05, 0) is 29.8 Å². The molecule has 0 saturated heterocycles. The van der Waals surface area contributed by atoms with Crippen LogP contribution in [-0.2, 0) is 10.5 Å². The average Bonchev–Trinajstić information content (AvgIpc) is 2.98. The number of aromatic nitrogens is 2. The van der Waals surface area contributed by atoms with Crippen molar-refractivity contribution >= 4 is 44.4 Å². The molecule has 0 aliphatic rings. The summed E-state index contributed by atoms with van der Waals surface area (Å²) < 4.78 is 6.27. The number of carbonyl (C=O) groups is 1. The molecule has 1 aromatic carbocycles. The Morgan fingerprint density at radius 1 is 1.30 bits per heavy atom. The maximum Gasteiger partial charge on any atom is 0.236 e. The number of nitrogens with zero attached hydrogens (tertiary/aromatic N) is 2. The predicted molar refractivity (Wildman–Crippen MR) is 95.2 cm³/mol. The summed E-state index contributed by atoms with van der Waals surface area (Å²) in [4.78, 5) is 20.4. The first-order valence-corrected chi connectivity index (χ1v) is 8.93. The molecule has 0 radical (unpaired) electrons. The van der Waals surface area contributed by atoms with E-state index in [1.807, 2.05) is 30.3 Å². The second kappa shape index (κ2) is 7.43. The molecule has 23 heavy (non-hydrogen) atoms. The molecule has 1 amide bonds. The molecule has 0 unspecified atom stereocenters. The summed E-state index contributed by atoms with van der Waals surface area (Å²) >= 11 is 3.00. The first-order chi connectivity index (χ1) is 11.3. The van der Waals surface area contributed by atoms with E-state index < -0.39 is 0 Å². The summed E-state index contributed by atoms with van der Waals surface area (Å²) in [5.41, 5.74) is 1.93. The number of thiazole rings is 1. The molecule has 0 atom stereocenters. The summed E-state index contributed by atoms with van der Waals surface area (Å²) in [7, 11) is 1.61. The molecule has 3 aromatic rings. The molecule has 2 aromatic heterocycles. The quantitative estimate of drug-likeness (QED) is 0.740. The monoisotopic (exact) mass is 345 g/mol. The van der Waals surface area contributed by atoms with E-state index >= 15 is 0 Å². The molecule has 0 aliphatic carbocycles. The van der Waals surface area contributed by atoms with E-state index in [1.165, 1.54) is 11.3 Å². The van der Waals surface area contributed by atoms with Crippen molar-refractivity contribution in [1.82, 2.24) is 9.97 Å². The number of pyridine rings is 1. The van der Waals surface area contributed by atoms with Crippen LogP contribution in [0, 0.1) is 0 Å². The smallest absolute Gasteiger partial charge is 0.236 e. The summed E-state index contributed by atoms with van der Waals surface area (Å²) in [5, 5.41) is 3.44. The molecule has 0 aliphatic heterocycles. The van der Waals surface area contributed by atoms with Crippen LogP contribution in [0.2, 0.25) is 0 Å².